The van der Waals surface area contributed by atoms with Crippen LogP contribution in [0.3, 0.4) is 0 Å². The maximum Gasteiger partial charge on any atom is 0.262 e. The van der Waals surface area contributed by atoms with Crippen LogP contribution < -0.4 is 10.1 Å². The highest BCUT2D eigenvalue weighted by molar-refractivity contribution is 5.99. The van der Waals surface area contributed by atoms with Crippen LogP contribution >= 0.6 is 0 Å². The molecule has 1 heterocycles. The first-order valence-electron chi connectivity index (χ1n) is 9.01. The van der Waals surface area contributed by atoms with Gasteiger partial charge in [0.25, 0.3) is 11.8 Å². The number of amides is 2. The minimum atomic E-state index is -0.165. The molecule has 0 saturated carbocycles. The van der Waals surface area contributed by atoms with E-state index in [0.717, 1.165) is 51.6 Å². The normalized spacial score (nSPS) is 13.0. The number of hydrogen-bond acceptors (Lipinski definition) is 3. The van der Waals surface area contributed by atoms with Crippen LogP contribution in [0.5, 0.6) is 5.75 Å². The highest BCUT2D eigenvalue weighted by Crippen LogP contribution is 2.29. The van der Waals surface area contributed by atoms with Crippen LogP contribution in [-0.2, 0) is 4.79 Å². The van der Waals surface area contributed by atoms with E-state index in [9.17, 15) is 9.59 Å². The Morgan fingerprint density at radius 2 is 1.79 bits per heavy atom. The molecule has 0 fully saturated rings. The van der Waals surface area contributed by atoms with Crippen molar-refractivity contribution in [3.63, 3.8) is 0 Å². The fourth-order valence-electron chi connectivity index (χ4n) is 2.81. The molecule has 0 spiro atoms. The first-order valence-corrected chi connectivity index (χ1v) is 9.01. The summed E-state index contributed by atoms with van der Waals surface area (Å²) in [4.78, 5) is 26.2. The van der Waals surface area contributed by atoms with Gasteiger partial charge in [0.05, 0.1) is 5.69 Å². The number of fused-ring (bicyclic) bond motifs is 1. The fourth-order valence-corrected chi connectivity index (χ4v) is 2.81. The van der Waals surface area contributed by atoms with Crippen molar-refractivity contribution in [1.82, 2.24) is 4.90 Å². The van der Waals surface area contributed by atoms with E-state index < -0.39 is 0 Å². The Kier molecular flexibility index (Phi) is 7.09. The second-order valence-electron chi connectivity index (χ2n) is 6.25. The quantitative estimate of drug-likeness (QED) is 0.699. The fraction of sp³-hybridized carbons (Fsp3) is 0.579. The second kappa shape index (κ2) is 9.30. The predicted molar refractivity (Wildman–Crippen MR) is 95.5 cm³/mol. The molecule has 1 aliphatic heterocycles. The molecule has 0 aromatic heterocycles. The van der Waals surface area contributed by atoms with Gasteiger partial charge in [-0.25, -0.2) is 0 Å². The van der Waals surface area contributed by atoms with E-state index in [1.165, 1.54) is 0 Å². The molecule has 0 bridgehead atoms. The van der Waals surface area contributed by atoms with Gasteiger partial charge in [0.1, 0.15) is 5.75 Å². The first-order chi connectivity index (χ1) is 11.7. The van der Waals surface area contributed by atoms with Gasteiger partial charge in [-0.2, -0.15) is 0 Å². The van der Waals surface area contributed by atoms with Crippen molar-refractivity contribution in [2.24, 2.45) is 0 Å². The van der Waals surface area contributed by atoms with Crippen molar-refractivity contribution in [2.45, 2.75) is 52.4 Å². The lowest BCUT2D eigenvalue weighted by Gasteiger charge is -2.24. The molecule has 2 amide bonds. The minimum Gasteiger partial charge on any atom is -0.482 e. The number of anilines is 1. The monoisotopic (exact) mass is 332 g/mol. The van der Waals surface area contributed by atoms with Crippen molar-refractivity contribution in [2.75, 3.05) is 25.0 Å². The van der Waals surface area contributed by atoms with Gasteiger partial charge in [0.2, 0.25) is 0 Å². The van der Waals surface area contributed by atoms with Gasteiger partial charge in [-0.15, -0.1) is 0 Å². The third kappa shape index (κ3) is 4.98. The summed E-state index contributed by atoms with van der Waals surface area (Å²) in [5.74, 6) is 0.454. The van der Waals surface area contributed by atoms with E-state index in [0.29, 0.717) is 17.0 Å². The molecule has 5 nitrogen and oxygen atoms in total. The molecule has 132 valence electrons. The summed E-state index contributed by atoms with van der Waals surface area (Å²) in [6.07, 6.45) is 6.62. The first kappa shape index (κ1) is 18.3. The summed E-state index contributed by atoms with van der Waals surface area (Å²) in [6.45, 7) is 5.92. The SMILES string of the molecule is CCCCCN(CCCCC)C(=O)c1ccc2c(c1)OCC(=O)N2. The number of carbonyl (C=O) groups excluding carboxylic acids is 2. The number of ether oxygens (including phenoxy) is 1. The number of nitrogens with zero attached hydrogens (tertiary/aromatic N) is 1. The van der Waals surface area contributed by atoms with Crippen LogP contribution in [0, 0.1) is 0 Å². The zero-order valence-corrected chi connectivity index (χ0v) is 14.8. The number of unbranched alkanes of at least 4 members (excludes halogenated alkanes) is 4. The van der Waals surface area contributed by atoms with Crippen molar-refractivity contribution < 1.29 is 14.3 Å². The maximum atomic E-state index is 12.9. The molecule has 0 unspecified atom stereocenters. The van der Waals surface area contributed by atoms with E-state index in [4.69, 9.17) is 4.74 Å². The van der Waals surface area contributed by atoms with Crippen molar-refractivity contribution >= 4 is 17.5 Å². The van der Waals surface area contributed by atoms with E-state index in [1.807, 2.05) is 4.90 Å². The number of nitrogens with one attached hydrogen (secondary N) is 1. The van der Waals surface area contributed by atoms with Gasteiger partial charge >= 0.3 is 0 Å². The van der Waals surface area contributed by atoms with Crippen LogP contribution in [0.4, 0.5) is 5.69 Å². The van der Waals surface area contributed by atoms with Crippen LogP contribution in [-0.4, -0.2) is 36.4 Å². The highest BCUT2D eigenvalue weighted by Gasteiger charge is 2.20. The molecule has 2 rings (SSSR count). The van der Waals surface area contributed by atoms with E-state index in [1.54, 1.807) is 18.2 Å². The molecule has 0 saturated heterocycles. The lowest BCUT2D eigenvalue weighted by Crippen LogP contribution is -2.33. The third-order valence-electron chi connectivity index (χ3n) is 4.21. The van der Waals surface area contributed by atoms with Crippen molar-refractivity contribution in [1.29, 1.82) is 0 Å². The molecule has 0 radical (unpaired) electrons. The van der Waals surface area contributed by atoms with Gasteiger partial charge in [-0.05, 0) is 31.0 Å². The second-order valence-corrected chi connectivity index (χ2v) is 6.25. The molecular weight excluding hydrogens is 304 g/mol. The Balaban J connectivity index is 2.07. The average Bonchev–Trinajstić information content (AvgIpc) is 2.59. The predicted octanol–water partition coefficient (Wildman–Crippen LogP) is 3.84. The Bertz CT molecular complexity index is 562. The molecule has 24 heavy (non-hydrogen) atoms. The smallest absolute Gasteiger partial charge is 0.262 e. The Labute approximate surface area is 144 Å². The van der Waals surface area contributed by atoms with Crippen LogP contribution in [0.15, 0.2) is 18.2 Å². The van der Waals surface area contributed by atoms with Gasteiger partial charge in [-0.3, -0.25) is 9.59 Å². The van der Waals surface area contributed by atoms with Crippen LogP contribution in [0.1, 0.15) is 62.7 Å². The summed E-state index contributed by atoms with van der Waals surface area (Å²) < 4.78 is 5.42. The number of benzene rings is 1. The van der Waals surface area contributed by atoms with Crippen molar-refractivity contribution in [3.8, 4) is 5.75 Å². The summed E-state index contributed by atoms with van der Waals surface area (Å²) >= 11 is 0. The van der Waals surface area contributed by atoms with E-state index in [2.05, 4.69) is 19.2 Å². The highest BCUT2D eigenvalue weighted by atomic mass is 16.5. The molecule has 0 aliphatic carbocycles. The van der Waals surface area contributed by atoms with Crippen molar-refractivity contribution in [3.05, 3.63) is 23.8 Å². The molecule has 1 N–H and O–H groups in total. The molecule has 1 aromatic carbocycles. The summed E-state index contributed by atoms with van der Waals surface area (Å²) in [5, 5.41) is 2.75. The Hall–Kier alpha value is -2.04. The average molecular weight is 332 g/mol. The molecule has 1 aromatic rings. The van der Waals surface area contributed by atoms with Gasteiger partial charge in [-0.1, -0.05) is 39.5 Å². The summed E-state index contributed by atoms with van der Waals surface area (Å²) in [5.41, 5.74) is 1.25. The van der Waals surface area contributed by atoms with Gasteiger partial charge < -0.3 is 15.0 Å². The van der Waals surface area contributed by atoms with Gasteiger partial charge in [0.15, 0.2) is 6.61 Å². The Morgan fingerprint density at radius 3 is 2.42 bits per heavy atom. The number of hydrogen-bond donors (Lipinski definition) is 1. The Morgan fingerprint density at radius 1 is 1.12 bits per heavy atom. The third-order valence-corrected chi connectivity index (χ3v) is 4.21. The van der Waals surface area contributed by atoms with Crippen LogP contribution in [0.25, 0.3) is 0 Å². The molecule has 0 atom stereocenters. The lowest BCUT2D eigenvalue weighted by atomic mass is 10.1. The molecular formula is C19H28N2O3. The largest absolute Gasteiger partial charge is 0.482 e. The van der Waals surface area contributed by atoms with E-state index in [-0.39, 0.29) is 18.4 Å². The zero-order valence-electron chi connectivity index (χ0n) is 14.8. The topological polar surface area (TPSA) is 58.6 Å². The number of carbonyl (C=O) groups is 2. The molecule has 5 heteroatoms. The van der Waals surface area contributed by atoms with Gasteiger partial charge in [0, 0.05) is 18.7 Å². The molecule has 1 aliphatic rings. The standard InChI is InChI=1S/C19H28N2O3/c1-3-5-7-11-21(12-8-6-4-2)19(23)15-9-10-16-17(13-15)24-14-18(22)20-16/h9-10,13H,3-8,11-12,14H2,1-2H3,(H,20,22). The summed E-state index contributed by atoms with van der Waals surface area (Å²) in [7, 11) is 0. The summed E-state index contributed by atoms with van der Waals surface area (Å²) in [6, 6.07) is 5.25. The van der Waals surface area contributed by atoms with Crippen LogP contribution in [0.2, 0.25) is 0 Å². The maximum absolute atomic E-state index is 12.9. The van der Waals surface area contributed by atoms with E-state index >= 15 is 0 Å². The number of rotatable bonds is 9. The lowest BCUT2D eigenvalue weighted by molar-refractivity contribution is -0.118. The minimum absolute atomic E-state index is 0.00135. The zero-order chi connectivity index (χ0) is 17.4.